The van der Waals surface area contributed by atoms with Crippen molar-refractivity contribution in [3.05, 3.63) is 58.1 Å². The van der Waals surface area contributed by atoms with Crippen LogP contribution in [-0.4, -0.2) is 4.99 Å². The summed E-state index contributed by atoms with van der Waals surface area (Å²) in [6.45, 7) is 4.00. The highest BCUT2D eigenvalue weighted by Gasteiger charge is 2.06. The lowest BCUT2D eigenvalue weighted by molar-refractivity contribution is 1.39. The van der Waals surface area contributed by atoms with Crippen LogP contribution in [0.4, 0.5) is 11.4 Å². The third-order valence-electron chi connectivity index (χ3n) is 2.98. The summed E-state index contributed by atoms with van der Waals surface area (Å²) in [6, 6.07) is 11.7. The van der Waals surface area contributed by atoms with Gasteiger partial charge in [0, 0.05) is 11.3 Å². The van der Waals surface area contributed by atoms with Crippen molar-refractivity contribution < 1.29 is 0 Å². The maximum Gasteiger partial charge on any atom is 0.104 e. The fourth-order valence-electron chi connectivity index (χ4n) is 1.95. The molecule has 0 aromatic heterocycles. The highest BCUT2D eigenvalue weighted by atomic mass is 35.5. The van der Waals surface area contributed by atoms with Gasteiger partial charge in [-0.25, -0.2) is 0 Å². The van der Waals surface area contributed by atoms with E-state index in [1.807, 2.05) is 50.2 Å². The van der Waals surface area contributed by atoms with Gasteiger partial charge in [-0.15, -0.1) is 0 Å². The predicted molar refractivity (Wildman–Crippen MR) is 86.5 cm³/mol. The van der Waals surface area contributed by atoms with E-state index in [0.29, 0.717) is 10.0 Å². The Bertz CT molecular complexity index is 618. The molecule has 4 heteroatoms. The summed E-state index contributed by atoms with van der Waals surface area (Å²) in [5.74, 6) is 0. The van der Waals surface area contributed by atoms with Crippen LogP contribution in [0.1, 0.15) is 16.7 Å². The van der Waals surface area contributed by atoms with Gasteiger partial charge in [0.25, 0.3) is 0 Å². The summed E-state index contributed by atoms with van der Waals surface area (Å²) in [5.41, 5.74) is 10.6. The third kappa shape index (κ3) is 3.06. The number of aryl methyl sites for hydroxylation is 2. The molecule has 2 rings (SSSR count). The Hall–Kier alpha value is -1.58. The van der Waals surface area contributed by atoms with Crippen LogP contribution in [0.3, 0.4) is 0 Å². The van der Waals surface area contributed by atoms with Crippen LogP contribution in [0.5, 0.6) is 0 Å². The predicted octanol–water partition coefficient (Wildman–Crippen LogP) is 4.33. The first-order chi connectivity index (χ1) is 8.99. The number of para-hydroxylation sites is 1. The number of halogens is 1. The Morgan fingerprint density at radius 1 is 1.16 bits per heavy atom. The van der Waals surface area contributed by atoms with Crippen LogP contribution >= 0.6 is 23.8 Å². The standard InChI is InChI=1S/C15H15ClN2S/c1-9-4-3-5-13(16)14(9)18-11-6-7-12(15(17)19)10(2)8-11/h3-8,18H,1-2H3,(H2,17,19). The first kappa shape index (κ1) is 13.8. The van der Waals surface area contributed by atoms with Crippen molar-refractivity contribution in [2.75, 3.05) is 5.32 Å². The SMILES string of the molecule is Cc1cc(Nc2c(C)cccc2Cl)ccc1C(N)=S. The fourth-order valence-corrected chi connectivity index (χ4v) is 2.45. The average Bonchev–Trinajstić information content (AvgIpc) is 2.33. The third-order valence-corrected chi connectivity index (χ3v) is 3.52. The lowest BCUT2D eigenvalue weighted by Gasteiger charge is -2.13. The molecule has 3 N–H and O–H groups in total. The molecule has 0 amide bonds. The van der Waals surface area contributed by atoms with Crippen molar-refractivity contribution in [3.8, 4) is 0 Å². The zero-order valence-electron chi connectivity index (χ0n) is 10.8. The molecule has 0 heterocycles. The molecular formula is C15H15ClN2S. The van der Waals surface area contributed by atoms with Crippen molar-refractivity contribution in [1.82, 2.24) is 0 Å². The van der Waals surface area contributed by atoms with Crippen molar-refractivity contribution in [2.45, 2.75) is 13.8 Å². The molecule has 0 aliphatic heterocycles. The minimum absolute atomic E-state index is 0.415. The average molecular weight is 291 g/mol. The van der Waals surface area contributed by atoms with Gasteiger partial charge in [-0.3, -0.25) is 0 Å². The van der Waals surface area contributed by atoms with Gasteiger partial charge in [0.2, 0.25) is 0 Å². The van der Waals surface area contributed by atoms with Gasteiger partial charge in [-0.05, 0) is 49.2 Å². The molecule has 0 radical (unpaired) electrons. The number of benzene rings is 2. The van der Waals surface area contributed by atoms with E-state index in [2.05, 4.69) is 5.32 Å². The van der Waals surface area contributed by atoms with Crippen LogP contribution < -0.4 is 11.1 Å². The van der Waals surface area contributed by atoms with E-state index in [0.717, 1.165) is 28.1 Å². The van der Waals surface area contributed by atoms with E-state index >= 15 is 0 Å². The number of rotatable bonds is 3. The smallest absolute Gasteiger partial charge is 0.104 e. The first-order valence-electron chi connectivity index (χ1n) is 5.91. The summed E-state index contributed by atoms with van der Waals surface area (Å²) in [5, 5.41) is 4.04. The van der Waals surface area contributed by atoms with E-state index in [9.17, 15) is 0 Å². The van der Waals surface area contributed by atoms with E-state index in [1.165, 1.54) is 0 Å². The normalized spacial score (nSPS) is 10.3. The van der Waals surface area contributed by atoms with Crippen molar-refractivity contribution in [2.24, 2.45) is 5.73 Å². The molecule has 0 aliphatic carbocycles. The second-order valence-corrected chi connectivity index (χ2v) is 5.30. The van der Waals surface area contributed by atoms with Crippen LogP contribution in [0.15, 0.2) is 36.4 Å². The maximum atomic E-state index is 6.20. The molecule has 0 saturated carbocycles. The quantitative estimate of drug-likeness (QED) is 0.826. The zero-order chi connectivity index (χ0) is 14.0. The number of nitrogens with one attached hydrogen (secondary N) is 1. The molecule has 2 nitrogen and oxygen atoms in total. The van der Waals surface area contributed by atoms with Gasteiger partial charge in [0.15, 0.2) is 0 Å². The van der Waals surface area contributed by atoms with Gasteiger partial charge in [0.1, 0.15) is 4.99 Å². The van der Waals surface area contributed by atoms with Gasteiger partial charge in [-0.2, -0.15) is 0 Å². The number of hydrogen-bond acceptors (Lipinski definition) is 2. The maximum absolute atomic E-state index is 6.20. The Morgan fingerprint density at radius 3 is 2.47 bits per heavy atom. The first-order valence-corrected chi connectivity index (χ1v) is 6.70. The molecule has 0 aliphatic rings. The minimum atomic E-state index is 0.415. The molecule has 0 bridgehead atoms. The minimum Gasteiger partial charge on any atom is -0.389 e. The van der Waals surface area contributed by atoms with Crippen molar-refractivity contribution in [1.29, 1.82) is 0 Å². The number of nitrogens with two attached hydrogens (primary N) is 1. The Balaban J connectivity index is 2.34. The van der Waals surface area contributed by atoms with Crippen molar-refractivity contribution >= 4 is 40.2 Å². The molecule has 2 aromatic carbocycles. The molecule has 2 aromatic rings. The molecule has 0 fully saturated rings. The number of thiocarbonyl (C=S) groups is 1. The Kier molecular flexibility index (Phi) is 4.08. The number of anilines is 2. The molecule has 0 atom stereocenters. The summed E-state index contributed by atoms with van der Waals surface area (Å²) in [6.07, 6.45) is 0. The second kappa shape index (κ2) is 5.59. The molecular weight excluding hydrogens is 276 g/mol. The van der Waals surface area contributed by atoms with Crippen LogP contribution in [0, 0.1) is 13.8 Å². The Labute approximate surface area is 123 Å². The lowest BCUT2D eigenvalue weighted by atomic mass is 10.1. The van der Waals surface area contributed by atoms with Gasteiger partial charge >= 0.3 is 0 Å². The second-order valence-electron chi connectivity index (χ2n) is 4.45. The molecule has 0 saturated heterocycles. The summed E-state index contributed by atoms with van der Waals surface area (Å²) in [4.78, 5) is 0.415. The summed E-state index contributed by atoms with van der Waals surface area (Å²) in [7, 11) is 0. The van der Waals surface area contributed by atoms with Crippen LogP contribution in [0.2, 0.25) is 5.02 Å². The topological polar surface area (TPSA) is 38.0 Å². The van der Waals surface area contributed by atoms with E-state index in [-0.39, 0.29) is 0 Å². The highest BCUT2D eigenvalue weighted by Crippen LogP contribution is 2.29. The van der Waals surface area contributed by atoms with Crippen LogP contribution in [0.25, 0.3) is 0 Å². The fraction of sp³-hybridized carbons (Fsp3) is 0.133. The zero-order valence-corrected chi connectivity index (χ0v) is 12.4. The van der Waals surface area contributed by atoms with Gasteiger partial charge < -0.3 is 11.1 Å². The summed E-state index contributed by atoms with van der Waals surface area (Å²) < 4.78 is 0. The van der Waals surface area contributed by atoms with Crippen molar-refractivity contribution in [3.63, 3.8) is 0 Å². The summed E-state index contributed by atoms with van der Waals surface area (Å²) >= 11 is 11.2. The molecule has 0 unspecified atom stereocenters. The number of hydrogen-bond donors (Lipinski definition) is 2. The van der Waals surface area contributed by atoms with Crippen LogP contribution in [-0.2, 0) is 0 Å². The van der Waals surface area contributed by atoms with E-state index in [1.54, 1.807) is 0 Å². The van der Waals surface area contributed by atoms with E-state index in [4.69, 9.17) is 29.6 Å². The van der Waals surface area contributed by atoms with Gasteiger partial charge in [0.05, 0.1) is 10.7 Å². The monoisotopic (exact) mass is 290 g/mol. The molecule has 98 valence electrons. The molecule has 19 heavy (non-hydrogen) atoms. The molecule has 0 spiro atoms. The lowest BCUT2D eigenvalue weighted by Crippen LogP contribution is -2.11. The van der Waals surface area contributed by atoms with E-state index < -0.39 is 0 Å². The Morgan fingerprint density at radius 2 is 1.89 bits per heavy atom. The van der Waals surface area contributed by atoms with Gasteiger partial charge in [-0.1, -0.05) is 36.0 Å². The largest absolute Gasteiger partial charge is 0.389 e. The highest BCUT2D eigenvalue weighted by molar-refractivity contribution is 7.80.